The van der Waals surface area contributed by atoms with E-state index in [-0.39, 0.29) is 6.04 Å². The fourth-order valence-electron chi connectivity index (χ4n) is 2.86. The van der Waals surface area contributed by atoms with Crippen LogP contribution in [0.25, 0.3) is 16.5 Å². The fourth-order valence-corrected chi connectivity index (χ4v) is 3.50. The molecule has 0 aliphatic carbocycles. The lowest BCUT2D eigenvalue weighted by molar-refractivity contribution is 0.485. The Labute approximate surface area is 155 Å². The van der Waals surface area contributed by atoms with Crippen molar-refractivity contribution >= 4 is 17.0 Å². The molecule has 4 rings (SSSR count). The molecule has 0 saturated heterocycles. The molecular weight excluding hydrogens is 346 g/mol. The number of nitrogens with zero attached hydrogens (tertiary/aromatic N) is 4. The van der Waals surface area contributed by atoms with E-state index in [1.54, 1.807) is 11.3 Å². The lowest BCUT2D eigenvalue weighted by Crippen LogP contribution is -2.08. The number of anilines is 1. The second-order valence-corrected chi connectivity index (χ2v) is 7.03. The molecule has 0 spiro atoms. The van der Waals surface area contributed by atoms with Crippen LogP contribution in [-0.4, -0.2) is 20.0 Å². The number of aromatic nitrogens is 4. The summed E-state index contributed by atoms with van der Waals surface area (Å²) in [6, 6.07) is 13.9. The van der Waals surface area contributed by atoms with E-state index < -0.39 is 0 Å². The average molecular weight is 365 g/mol. The first-order valence-corrected chi connectivity index (χ1v) is 9.27. The van der Waals surface area contributed by atoms with Gasteiger partial charge in [-0.3, -0.25) is 0 Å². The van der Waals surface area contributed by atoms with Crippen LogP contribution in [0, 0.1) is 13.8 Å². The van der Waals surface area contributed by atoms with E-state index in [9.17, 15) is 0 Å². The zero-order chi connectivity index (χ0) is 18.1. The van der Waals surface area contributed by atoms with Crippen molar-refractivity contribution in [1.29, 1.82) is 0 Å². The highest BCUT2D eigenvalue weighted by molar-refractivity contribution is 7.13. The Bertz CT molecular complexity index is 1000. The molecule has 1 atom stereocenters. The highest BCUT2D eigenvalue weighted by Gasteiger charge is 2.19. The topological polar surface area (TPSA) is 68.8 Å². The number of rotatable bonds is 5. The molecule has 4 aromatic rings. The minimum Gasteiger partial charge on any atom is -0.418 e. The third-order valence-electron chi connectivity index (χ3n) is 4.20. The summed E-state index contributed by atoms with van der Waals surface area (Å²) >= 11 is 1.58. The fraction of sp³-hybridized carbons (Fsp3) is 0.211. The van der Waals surface area contributed by atoms with Crippen molar-refractivity contribution in [3.63, 3.8) is 0 Å². The lowest BCUT2D eigenvalue weighted by atomic mass is 10.2. The van der Waals surface area contributed by atoms with Crippen LogP contribution in [0.3, 0.4) is 0 Å². The summed E-state index contributed by atoms with van der Waals surface area (Å²) in [7, 11) is 0. The van der Waals surface area contributed by atoms with Crippen LogP contribution < -0.4 is 5.32 Å². The quantitative estimate of drug-likeness (QED) is 0.551. The van der Waals surface area contributed by atoms with Gasteiger partial charge in [-0.1, -0.05) is 24.3 Å². The first kappa shape index (κ1) is 16.5. The molecule has 3 heterocycles. The molecule has 0 bridgehead atoms. The Kier molecular flexibility index (Phi) is 4.30. The van der Waals surface area contributed by atoms with Gasteiger partial charge in [0, 0.05) is 0 Å². The van der Waals surface area contributed by atoms with Gasteiger partial charge in [-0.25, -0.2) is 4.68 Å². The molecule has 1 N–H and O–H groups in total. The molecule has 1 aromatic carbocycles. The predicted octanol–water partition coefficient (Wildman–Crippen LogP) is 4.77. The van der Waals surface area contributed by atoms with Crippen LogP contribution in [0.15, 0.2) is 52.3 Å². The predicted molar refractivity (Wildman–Crippen MR) is 103 cm³/mol. The largest absolute Gasteiger partial charge is 0.418 e. The van der Waals surface area contributed by atoms with Crippen molar-refractivity contribution in [3.8, 4) is 16.5 Å². The second-order valence-electron chi connectivity index (χ2n) is 6.08. The number of nitrogens with one attached hydrogen (secondary N) is 1. The standard InChI is InChI=1S/C19H19N5OS/c1-12-17(14(3)24(23-12)15-8-5-4-6-9-15)20-13(2)18-21-22-19(25-18)16-10-7-11-26-16/h4-11,13,20H,1-3H3. The zero-order valence-corrected chi connectivity index (χ0v) is 15.6. The first-order valence-electron chi connectivity index (χ1n) is 8.39. The van der Waals surface area contributed by atoms with Gasteiger partial charge in [0.15, 0.2) is 0 Å². The molecule has 0 amide bonds. The van der Waals surface area contributed by atoms with E-state index in [1.807, 2.05) is 73.3 Å². The van der Waals surface area contributed by atoms with Crippen LogP contribution >= 0.6 is 11.3 Å². The molecule has 7 heteroatoms. The summed E-state index contributed by atoms with van der Waals surface area (Å²) in [5, 5.41) is 18.5. The zero-order valence-electron chi connectivity index (χ0n) is 14.8. The third kappa shape index (κ3) is 3.01. The van der Waals surface area contributed by atoms with Crippen molar-refractivity contribution < 1.29 is 4.42 Å². The Morgan fingerprint density at radius 1 is 1.08 bits per heavy atom. The van der Waals surface area contributed by atoms with Gasteiger partial charge in [-0.05, 0) is 44.4 Å². The highest BCUT2D eigenvalue weighted by atomic mass is 32.1. The number of para-hydroxylation sites is 1. The van der Waals surface area contributed by atoms with E-state index in [1.165, 1.54) is 0 Å². The summed E-state index contributed by atoms with van der Waals surface area (Å²) in [6.45, 7) is 6.05. The number of hydrogen-bond acceptors (Lipinski definition) is 6. The molecule has 0 saturated carbocycles. The van der Waals surface area contributed by atoms with Crippen LogP contribution in [-0.2, 0) is 0 Å². The molecule has 0 aliphatic heterocycles. The maximum absolute atomic E-state index is 5.83. The molecule has 132 valence electrons. The maximum atomic E-state index is 5.83. The molecule has 0 fully saturated rings. The Balaban J connectivity index is 1.59. The molecular formula is C19H19N5OS. The van der Waals surface area contributed by atoms with Crippen LogP contribution in [0.5, 0.6) is 0 Å². The Morgan fingerprint density at radius 2 is 1.88 bits per heavy atom. The van der Waals surface area contributed by atoms with Gasteiger partial charge in [-0.2, -0.15) is 5.10 Å². The maximum Gasteiger partial charge on any atom is 0.257 e. The van der Waals surface area contributed by atoms with E-state index in [4.69, 9.17) is 4.42 Å². The number of thiophene rings is 1. The van der Waals surface area contributed by atoms with Crippen LogP contribution in [0.4, 0.5) is 5.69 Å². The van der Waals surface area contributed by atoms with Crippen molar-refractivity contribution in [1.82, 2.24) is 20.0 Å². The SMILES string of the molecule is Cc1nn(-c2ccccc2)c(C)c1NC(C)c1nnc(-c2cccs2)o1. The summed E-state index contributed by atoms with van der Waals surface area (Å²) in [4.78, 5) is 0.972. The van der Waals surface area contributed by atoms with E-state index >= 15 is 0 Å². The van der Waals surface area contributed by atoms with Gasteiger partial charge in [0.25, 0.3) is 5.89 Å². The number of aryl methyl sites for hydroxylation is 1. The van der Waals surface area contributed by atoms with E-state index in [0.29, 0.717) is 11.8 Å². The van der Waals surface area contributed by atoms with Crippen LogP contribution in [0.2, 0.25) is 0 Å². The van der Waals surface area contributed by atoms with Crippen molar-refractivity contribution in [2.75, 3.05) is 5.32 Å². The Hall–Kier alpha value is -2.93. The van der Waals surface area contributed by atoms with Crippen molar-refractivity contribution in [2.45, 2.75) is 26.8 Å². The molecule has 26 heavy (non-hydrogen) atoms. The van der Waals surface area contributed by atoms with Crippen molar-refractivity contribution in [2.24, 2.45) is 0 Å². The Morgan fingerprint density at radius 3 is 2.62 bits per heavy atom. The highest BCUT2D eigenvalue weighted by Crippen LogP contribution is 2.29. The summed E-state index contributed by atoms with van der Waals surface area (Å²) in [5.41, 5.74) is 3.98. The smallest absolute Gasteiger partial charge is 0.257 e. The monoisotopic (exact) mass is 365 g/mol. The molecule has 3 aromatic heterocycles. The second kappa shape index (κ2) is 6.76. The summed E-state index contributed by atoms with van der Waals surface area (Å²) in [5.74, 6) is 1.11. The van der Waals surface area contributed by atoms with Gasteiger partial charge < -0.3 is 9.73 Å². The van der Waals surface area contributed by atoms with Gasteiger partial charge in [0.2, 0.25) is 5.89 Å². The van der Waals surface area contributed by atoms with Crippen LogP contribution in [0.1, 0.15) is 30.2 Å². The minimum atomic E-state index is -0.123. The van der Waals surface area contributed by atoms with Gasteiger partial charge in [-0.15, -0.1) is 21.5 Å². The van der Waals surface area contributed by atoms with Gasteiger partial charge in [0.05, 0.1) is 27.6 Å². The van der Waals surface area contributed by atoms with Gasteiger partial charge >= 0.3 is 0 Å². The van der Waals surface area contributed by atoms with Gasteiger partial charge in [0.1, 0.15) is 6.04 Å². The van der Waals surface area contributed by atoms with Crippen molar-refractivity contribution in [3.05, 3.63) is 65.1 Å². The summed E-state index contributed by atoms with van der Waals surface area (Å²) in [6.07, 6.45) is 0. The molecule has 6 nitrogen and oxygen atoms in total. The molecule has 0 aliphatic rings. The lowest BCUT2D eigenvalue weighted by Gasteiger charge is -2.12. The molecule has 1 unspecified atom stereocenters. The number of hydrogen-bond donors (Lipinski definition) is 1. The third-order valence-corrected chi connectivity index (χ3v) is 5.05. The van der Waals surface area contributed by atoms with E-state index in [0.717, 1.165) is 27.6 Å². The summed E-state index contributed by atoms with van der Waals surface area (Å²) < 4.78 is 7.77. The molecule has 0 radical (unpaired) electrons. The van der Waals surface area contributed by atoms with E-state index in [2.05, 4.69) is 20.6 Å². The first-order chi connectivity index (χ1) is 12.6. The average Bonchev–Trinajstić information content (AvgIpc) is 3.39. The minimum absolute atomic E-state index is 0.123. The normalized spacial score (nSPS) is 12.3. The number of benzene rings is 1.